The van der Waals surface area contributed by atoms with E-state index in [0.717, 1.165) is 12.3 Å². The lowest BCUT2D eigenvalue weighted by atomic mass is 9.98. The van der Waals surface area contributed by atoms with Crippen LogP contribution in [0.1, 0.15) is 32.6 Å². The van der Waals surface area contributed by atoms with Gasteiger partial charge in [-0.15, -0.1) is 0 Å². The molecule has 84 valence electrons. The highest BCUT2D eigenvalue weighted by Crippen LogP contribution is 2.45. The molecule has 2 fully saturated rings. The highest BCUT2D eigenvalue weighted by atomic mass is 16.7. The number of esters is 1. The van der Waals surface area contributed by atoms with Crippen LogP contribution in [0, 0.1) is 11.8 Å². The first kappa shape index (κ1) is 10.7. The molecule has 0 amide bonds. The van der Waals surface area contributed by atoms with Crippen molar-refractivity contribution in [2.75, 3.05) is 6.79 Å². The van der Waals surface area contributed by atoms with Gasteiger partial charge in [0.2, 0.25) is 0 Å². The van der Waals surface area contributed by atoms with E-state index < -0.39 is 0 Å². The van der Waals surface area contributed by atoms with E-state index in [2.05, 4.69) is 6.58 Å². The van der Waals surface area contributed by atoms with Crippen LogP contribution < -0.4 is 0 Å². The highest BCUT2D eigenvalue weighted by Gasteiger charge is 2.40. The predicted molar refractivity (Wildman–Crippen MR) is 56.1 cm³/mol. The zero-order chi connectivity index (χ0) is 10.8. The maximum absolute atomic E-state index is 11.1. The Morgan fingerprint density at radius 2 is 2.20 bits per heavy atom. The average Bonchev–Trinajstić information content (AvgIpc) is 2.78. The lowest BCUT2D eigenvalue weighted by molar-refractivity contribution is -0.158. The van der Waals surface area contributed by atoms with Crippen molar-refractivity contribution in [2.45, 2.75) is 38.7 Å². The Morgan fingerprint density at radius 3 is 2.73 bits per heavy atom. The van der Waals surface area contributed by atoms with Gasteiger partial charge in [-0.05, 0) is 44.4 Å². The van der Waals surface area contributed by atoms with Crippen molar-refractivity contribution in [1.82, 2.24) is 0 Å². The lowest BCUT2D eigenvalue weighted by Gasteiger charge is -2.21. The Labute approximate surface area is 90.4 Å². The third-order valence-electron chi connectivity index (χ3n) is 3.49. The van der Waals surface area contributed by atoms with Crippen LogP contribution in [0.4, 0.5) is 0 Å². The normalized spacial score (nSPS) is 33.0. The van der Waals surface area contributed by atoms with Crippen LogP contribution >= 0.6 is 0 Å². The van der Waals surface area contributed by atoms with Gasteiger partial charge in [0.15, 0.2) is 6.79 Å². The van der Waals surface area contributed by atoms with Gasteiger partial charge in [-0.2, -0.15) is 0 Å². The van der Waals surface area contributed by atoms with Gasteiger partial charge in [0.1, 0.15) is 0 Å². The van der Waals surface area contributed by atoms with Crippen molar-refractivity contribution in [2.24, 2.45) is 11.8 Å². The van der Waals surface area contributed by atoms with Crippen molar-refractivity contribution < 1.29 is 14.3 Å². The molecule has 3 heteroatoms. The fourth-order valence-electron chi connectivity index (χ4n) is 2.69. The van der Waals surface area contributed by atoms with E-state index in [4.69, 9.17) is 9.47 Å². The molecule has 3 atom stereocenters. The van der Waals surface area contributed by atoms with E-state index in [1.807, 2.05) is 0 Å². The monoisotopic (exact) mass is 210 g/mol. The van der Waals surface area contributed by atoms with Gasteiger partial charge in [0.05, 0.1) is 6.10 Å². The van der Waals surface area contributed by atoms with E-state index in [-0.39, 0.29) is 12.8 Å². The quantitative estimate of drug-likeness (QED) is 0.405. The van der Waals surface area contributed by atoms with Crippen LogP contribution in [-0.2, 0) is 14.3 Å². The van der Waals surface area contributed by atoms with Crippen LogP contribution in [0.3, 0.4) is 0 Å². The molecule has 3 unspecified atom stereocenters. The van der Waals surface area contributed by atoms with Crippen molar-refractivity contribution in [3.63, 3.8) is 0 Å². The first-order valence-corrected chi connectivity index (χ1v) is 5.61. The van der Waals surface area contributed by atoms with Crippen molar-refractivity contribution in [1.29, 1.82) is 0 Å². The molecule has 0 aromatic rings. The molecule has 15 heavy (non-hydrogen) atoms. The number of ether oxygens (including phenoxy) is 2. The minimum absolute atomic E-state index is 0.0829. The average molecular weight is 210 g/mol. The molecule has 2 bridgehead atoms. The molecule has 2 rings (SSSR count). The number of hydrogen-bond donors (Lipinski definition) is 0. The molecule has 2 saturated carbocycles. The largest absolute Gasteiger partial charge is 0.435 e. The van der Waals surface area contributed by atoms with Crippen LogP contribution in [0.15, 0.2) is 12.2 Å². The van der Waals surface area contributed by atoms with Crippen molar-refractivity contribution in [3.8, 4) is 0 Å². The van der Waals surface area contributed by atoms with Crippen LogP contribution in [0.2, 0.25) is 0 Å². The zero-order valence-corrected chi connectivity index (χ0v) is 9.20. The molecule has 0 aliphatic heterocycles. The summed E-state index contributed by atoms with van der Waals surface area (Å²) in [6, 6.07) is 0. The number of carbonyl (C=O) groups excluding carboxylic acids is 1. The molecule has 0 N–H and O–H groups in total. The number of carbonyl (C=O) groups is 1. The standard InChI is InChI=1S/C12H18O3/c1-8(2)12(13)15-7-14-11-6-9-3-4-10(11)5-9/h9-11H,1,3-7H2,2H3. The summed E-state index contributed by atoms with van der Waals surface area (Å²) in [5.41, 5.74) is 0.423. The third kappa shape index (κ3) is 2.40. The molecular weight excluding hydrogens is 192 g/mol. The highest BCUT2D eigenvalue weighted by molar-refractivity contribution is 5.86. The smallest absolute Gasteiger partial charge is 0.335 e. The van der Waals surface area contributed by atoms with Gasteiger partial charge in [-0.3, -0.25) is 0 Å². The molecular formula is C12H18O3. The van der Waals surface area contributed by atoms with Crippen LogP contribution in [-0.4, -0.2) is 18.9 Å². The van der Waals surface area contributed by atoms with E-state index >= 15 is 0 Å². The van der Waals surface area contributed by atoms with Gasteiger partial charge in [0.25, 0.3) is 0 Å². The Kier molecular flexibility index (Phi) is 3.10. The lowest BCUT2D eigenvalue weighted by Crippen LogP contribution is -2.22. The second-order valence-corrected chi connectivity index (χ2v) is 4.71. The Balaban J connectivity index is 1.67. The molecule has 0 aromatic carbocycles. The SMILES string of the molecule is C=C(C)C(=O)OCOC1CC2CCC1C2. The molecule has 2 aliphatic carbocycles. The maximum Gasteiger partial charge on any atom is 0.335 e. The molecule has 3 nitrogen and oxygen atoms in total. The van der Waals surface area contributed by atoms with Crippen molar-refractivity contribution in [3.05, 3.63) is 12.2 Å². The minimum atomic E-state index is -0.363. The van der Waals surface area contributed by atoms with Crippen LogP contribution in [0.25, 0.3) is 0 Å². The van der Waals surface area contributed by atoms with Crippen LogP contribution in [0.5, 0.6) is 0 Å². The number of fused-ring (bicyclic) bond motifs is 2. The molecule has 0 spiro atoms. The minimum Gasteiger partial charge on any atom is -0.435 e. The molecule has 0 saturated heterocycles. The summed E-state index contributed by atoms with van der Waals surface area (Å²) in [6.07, 6.45) is 5.41. The maximum atomic E-state index is 11.1. The Morgan fingerprint density at radius 1 is 1.40 bits per heavy atom. The first-order valence-electron chi connectivity index (χ1n) is 5.61. The predicted octanol–water partition coefficient (Wildman–Crippen LogP) is 2.27. The van der Waals surface area contributed by atoms with E-state index in [1.54, 1.807) is 6.92 Å². The van der Waals surface area contributed by atoms with Gasteiger partial charge < -0.3 is 9.47 Å². The Bertz CT molecular complexity index is 272. The summed E-state index contributed by atoms with van der Waals surface area (Å²) in [7, 11) is 0. The second kappa shape index (κ2) is 4.35. The molecule has 0 aromatic heterocycles. The van der Waals surface area contributed by atoms with Gasteiger partial charge in [0, 0.05) is 5.57 Å². The third-order valence-corrected chi connectivity index (χ3v) is 3.49. The van der Waals surface area contributed by atoms with Crippen molar-refractivity contribution >= 4 is 5.97 Å². The summed E-state index contributed by atoms with van der Waals surface area (Å²) >= 11 is 0. The van der Waals surface area contributed by atoms with E-state index in [1.165, 1.54) is 19.3 Å². The number of rotatable bonds is 4. The second-order valence-electron chi connectivity index (χ2n) is 4.71. The summed E-state index contributed by atoms with van der Waals surface area (Å²) in [4.78, 5) is 11.1. The topological polar surface area (TPSA) is 35.5 Å². The molecule has 0 heterocycles. The zero-order valence-electron chi connectivity index (χ0n) is 9.20. The van der Waals surface area contributed by atoms with Gasteiger partial charge >= 0.3 is 5.97 Å². The molecule has 2 aliphatic rings. The summed E-state index contributed by atoms with van der Waals surface area (Å²) in [6.45, 7) is 5.24. The Hall–Kier alpha value is -0.830. The first-order chi connectivity index (χ1) is 7.16. The summed E-state index contributed by atoms with van der Waals surface area (Å²) < 4.78 is 10.5. The number of hydrogen-bond acceptors (Lipinski definition) is 3. The van der Waals surface area contributed by atoms with Gasteiger partial charge in [-0.25, -0.2) is 4.79 Å². The summed E-state index contributed by atoms with van der Waals surface area (Å²) in [5, 5.41) is 0. The fourth-order valence-corrected chi connectivity index (χ4v) is 2.69. The van der Waals surface area contributed by atoms with E-state index in [9.17, 15) is 4.79 Å². The fraction of sp³-hybridized carbons (Fsp3) is 0.750. The molecule has 0 radical (unpaired) electrons. The van der Waals surface area contributed by atoms with Gasteiger partial charge in [-0.1, -0.05) is 6.58 Å². The summed E-state index contributed by atoms with van der Waals surface area (Å²) in [5.74, 6) is 1.20. The van der Waals surface area contributed by atoms with E-state index in [0.29, 0.717) is 17.6 Å².